The van der Waals surface area contributed by atoms with Crippen molar-refractivity contribution in [3.05, 3.63) is 23.3 Å². The molecule has 70 valence electrons. The molecule has 0 fully saturated rings. The topological polar surface area (TPSA) is 34.1 Å². The van der Waals surface area contributed by atoms with E-state index in [9.17, 15) is 9.59 Å². The van der Waals surface area contributed by atoms with Gasteiger partial charge in [0.05, 0.1) is 0 Å². The highest BCUT2D eigenvalue weighted by Gasteiger charge is 2.30. The lowest BCUT2D eigenvalue weighted by Gasteiger charge is -2.30. The van der Waals surface area contributed by atoms with Crippen molar-refractivity contribution in [2.75, 3.05) is 0 Å². The standard InChI is InChI=1S/C11H14O2/c1-8-6-9(13)7-11(2,3)10(8)4-5-12/h4-6H,7H2,1-3H3/b10-4-. The van der Waals surface area contributed by atoms with Gasteiger partial charge in [-0.25, -0.2) is 0 Å². The molecule has 13 heavy (non-hydrogen) atoms. The van der Waals surface area contributed by atoms with Gasteiger partial charge in [0, 0.05) is 6.42 Å². The number of hydrogen-bond acceptors (Lipinski definition) is 2. The molecule has 0 heterocycles. The number of aldehydes is 1. The number of carbonyl (C=O) groups is 2. The molecule has 2 nitrogen and oxygen atoms in total. The molecule has 0 aromatic heterocycles. The molecule has 2 heteroatoms. The first-order valence-corrected chi connectivity index (χ1v) is 4.35. The van der Waals surface area contributed by atoms with E-state index >= 15 is 0 Å². The fourth-order valence-corrected chi connectivity index (χ4v) is 1.86. The van der Waals surface area contributed by atoms with Gasteiger partial charge in [-0.15, -0.1) is 0 Å². The minimum absolute atomic E-state index is 0.144. The maximum atomic E-state index is 11.2. The second-order valence-corrected chi connectivity index (χ2v) is 4.07. The van der Waals surface area contributed by atoms with Crippen LogP contribution in [0.15, 0.2) is 23.3 Å². The summed E-state index contributed by atoms with van der Waals surface area (Å²) < 4.78 is 0. The van der Waals surface area contributed by atoms with Crippen molar-refractivity contribution < 1.29 is 9.59 Å². The molecular formula is C11H14O2. The molecular weight excluding hydrogens is 164 g/mol. The highest BCUT2D eigenvalue weighted by molar-refractivity contribution is 5.94. The molecule has 0 amide bonds. The summed E-state index contributed by atoms with van der Waals surface area (Å²) in [4.78, 5) is 21.6. The van der Waals surface area contributed by atoms with E-state index in [1.54, 1.807) is 12.2 Å². The number of allylic oxidation sites excluding steroid dienone is 4. The lowest BCUT2D eigenvalue weighted by atomic mass is 9.73. The molecule has 0 bridgehead atoms. The van der Waals surface area contributed by atoms with Gasteiger partial charge in [0.15, 0.2) is 5.78 Å². The highest BCUT2D eigenvalue weighted by atomic mass is 16.1. The molecule has 1 aliphatic carbocycles. The van der Waals surface area contributed by atoms with E-state index in [2.05, 4.69) is 0 Å². The Balaban J connectivity index is 3.18. The maximum absolute atomic E-state index is 11.2. The summed E-state index contributed by atoms with van der Waals surface area (Å²) in [6, 6.07) is 0. The van der Waals surface area contributed by atoms with Crippen LogP contribution in [0.5, 0.6) is 0 Å². The minimum atomic E-state index is -0.198. The Morgan fingerprint density at radius 3 is 2.54 bits per heavy atom. The normalized spacial score (nSPS) is 24.4. The first-order chi connectivity index (χ1) is 5.97. The van der Waals surface area contributed by atoms with E-state index in [1.807, 2.05) is 20.8 Å². The van der Waals surface area contributed by atoms with Gasteiger partial charge >= 0.3 is 0 Å². The Morgan fingerprint density at radius 2 is 2.08 bits per heavy atom. The molecule has 0 radical (unpaired) electrons. The van der Waals surface area contributed by atoms with Gasteiger partial charge in [-0.05, 0) is 35.6 Å². The van der Waals surface area contributed by atoms with Crippen molar-refractivity contribution in [1.29, 1.82) is 0 Å². The number of rotatable bonds is 1. The Kier molecular flexibility index (Phi) is 2.50. The van der Waals surface area contributed by atoms with Crippen LogP contribution in [0, 0.1) is 5.41 Å². The third-order valence-corrected chi connectivity index (χ3v) is 2.38. The van der Waals surface area contributed by atoms with E-state index in [0.29, 0.717) is 6.42 Å². The average molecular weight is 178 g/mol. The van der Waals surface area contributed by atoms with Gasteiger partial charge in [0.2, 0.25) is 0 Å². The zero-order valence-corrected chi connectivity index (χ0v) is 8.26. The zero-order chi connectivity index (χ0) is 10.1. The zero-order valence-electron chi connectivity index (χ0n) is 8.26. The summed E-state index contributed by atoms with van der Waals surface area (Å²) in [7, 11) is 0. The molecule has 0 aromatic rings. The van der Waals surface area contributed by atoms with Crippen molar-refractivity contribution in [3.63, 3.8) is 0 Å². The Bertz CT molecular complexity index is 306. The predicted octanol–water partition coefficient (Wildman–Crippen LogP) is 2.06. The van der Waals surface area contributed by atoms with Crippen molar-refractivity contribution in [2.45, 2.75) is 27.2 Å². The average Bonchev–Trinajstić information content (AvgIpc) is 1.95. The largest absolute Gasteiger partial charge is 0.299 e. The maximum Gasteiger partial charge on any atom is 0.156 e. The van der Waals surface area contributed by atoms with E-state index in [1.165, 1.54) is 0 Å². The van der Waals surface area contributed by atoms with Crippen molar-refractivity contribution >= 4 is 12.1 Å². The second kappa shape index (κ2) is 3.29. The van der Waals surface area contributed by atoms with Crippen LogP contribution in [0.3, 0.4) is 0 Å². The van der Waals surface area contributed by atoms with Gasteiger partial charge in [-0.1, -0.05) is 13.8 Å². The molecule has 0 unspecified atom stereocenters. The lowest BCUT2D eigenvalue weighted by molar-refractivity contribution is -0.116. The summed E-state index contributed by atoms with van der Waals surface area (Å²) in [6.45, 7) is 5.83. The molecule has 0 spiro atoms. The monoisotopic (exact) mass is 178 g/mol. The van der Waals surface area contributed by atoms with Gasteiger partial charge in [-0.3, -0.25) is 9.59 Å². The van der Waals surface area contributed by atoms with Crippen LogP contribution in [-0.2, 0) is 9.59 Å². The van der Waals surface area contributed by atoms with Crippen LogP contribution in [0.4, 0.5) is 0 Å². The molecule has 0 N–H and O–H groups in total. The fraction of sp³-hybridized carbons (Fsp3) is 0.455. The van der Waals surface area contributed by atoms with Crippen LogP contribution in [0.25, 0.3) is 0 Å². The van der Waals surface area contributed by atoms with Crippen LogP contribution in [-0.4, -0.2) is 12.1 Å². The molecule has 0 atom stereocenters. The molecule has 0 saturated carbocycles. The van der Waals surface area contributed by atoms with E-state index in [4.69, 9.17) is 0 Å². The van der Waals surface area contributed by atoms with Crippen LogP contribution < -0.4 is 0 Å². The highest BCUT2D eigenvalue weighted by Crippen LogP contribution is 2.38. The first-order valence-electron chi connectivity index (χ1n) is 4.35. The molecule has 0 aromatic carbocycles. The fourth-order valence-electron chi connectivity index (χ4n) is 1.86. The summed E-state index contributed by atoms with van der Waals surface area (Å²) in [6.07, 6.45) is 4.44. The summed E-state index contributed by atoms with van der Waals surface area (Å²) in [5.74, 6) is 0.144. The smallest absolute Gasteiger partial charge is 0.156 e. The van der Waals surface area contributed by atoms with Gasteiger partial charge in [-0.2, -0.15) is 0 Å². The quantitative estimate of drug-likeness (QED) is 0.455. The van der Waals surface area contributed by atoms with E-state index < -0.39 is 0 Å². The van der Waals surface area contributed by atoms with Gasteiger partial charge < -0.3 is 0 Å². The predicted molar refractivity (Wildman–Crippen MR) is 51.3 cm³/mol. The Hall–Kier alpha value is -1.18. The summed E-state index contributed by atoms with van der Waals surface area (Å²) in [5, 5.41) is 0. The van der Waals surface area contributed by atoms with Crippen LogP contribution in [0.1, 0.15) is 27.2 Å². The van der Waals surface area contributed by atoms with Crippen molar-refractivity contribution in [3.8, 4) is 0 Å². The first kappa shape index (κ1) is 9.90. The van der Waals surface area contributed by atoms with Gasteiger partial charge in [0.1, 0.15) is 6.29 Å². The summed E-state index contributed by atoms with van der Waals surface area (Å²) >= 11 is 0. The Morgan fingerprint density at radius 1 is 1.46 bits per heavy atom. The minimum Gasteiger partial charge on any atom is -0.299 e. The van der Waals surface area contributed by atoms with Crippen molar-refractivity contribution in [2.24, 2.45) is 5.41 Å². The number of ketones is 1. The Labute approximate surface area is 78.3 Å². The van der Waals surface area contributed by atoms with Crippen LogP contribution >= 0.6 is 0 Å². The third-order valence-electron chi connectivity index (χ3n) is 2.38. The molecule has 0 aliphatic heterocycles. The molecule has 1 aliphatic rings. The summed E-state index contributed by atoms with van der Waals surface area (Å²) in [5.41, 5.74) is 1.69. The molecule has 1 rings (SSSR count). The van der Waals surface area contributed by atoms with E-state index in [0.717, 1.165) is 17.4 Å². The second-order valence-electron chi connectivity index (χ2n) is 4.07. The number of hydrogen-bond donors (Lipinski definition) is 0. The lowest BCUT2D eigenvalue weighted by Crippen LogP contribution is -2.24. The third kappa shape index (κ3) is 1.94. The van der Waals surface area contributed by atoms with Crippen LogP contribution in [0.2, 0.25) is 0 Å². The van der Waals surface area contributed by atoms with E-state index in [-0.39, 0.29) is 11.2 Å². The van der Waals surface area contributed by atoms with Gasteiger partial charge in [0.25, 0.3) is 0 Å². The number of carbonyl (C=O) groups excluding carboxylic acids is 2. The van der Waals surface area contributed by atoms with Crippen molar-refractivity contribution in [1.82, 2.24) is 0 Å². The molecule has 0 saturated heterocycles. The SMILES string of the molecule is CC1=CC(=O)CC(C)(C)/C1=C\C=O.